The summed E-state index contributed by atoms with van der Waals surface area (Å²) in [6.45, 7) is 22.5. The Morgan fingerprint density at radius 2 is 0.681 bits per heavy atom. The number of hydrogen-bond acceptors (Lipinski definition) is 29. The number of anilines is 4. The number of nitro groups is 3. The Kier molecular flexibility index (Phi) is 39.9. The third kappa shape index (κ3) is 31.5. The summed E-state index contributed by atoms with van der Waals surface area (Å²) in [5.41, 5.74) is 12.6. The Morgan fingerprint density at radius 1 is 0.397 bits per heavy atom. The number of ether oxygens (including phenoxy) is 3. The first-order valence-corrected chi connectivity index (χ1v) is 55.2. The summed E-state index contributed by atoms with van der Waals surface area (Å²) < 4.78 is 105. The number of piperazine rings is 3. The van der Waals surface area contributed by atoms with Crippen LogP contribution >= 0.6 is 87.8 Å². The van der Waals surface area contributed by atoms with Gasteiger partial charge in [0.15, 0.2) is 0 Å². The van der Waals surface area contributed by atoms with Crippen LogP contribution in [-0.4, -0.2) is 185 Å². The summed E-state index contributed by atoms with van der Waals surface area (Å²) in [6.07, 6.45) is 12.2. The van der Waals surface area contributed by atoms with Crippen LogP contribution < -0.4 is 56.6 Å². The van der Waals surface area contributed by atoms with E-state index >= 15 is 0 Å². The van der Waals surface area contributed by atoms with Gasteiger partial charge in [0.25, 0.3) is 38.8 Å². The summed E-state index contributed by atoms with van der Waals surface area (Å²) >= 11 is 24.1. The topological polar surface area (TPSA) is 430 Å². The second-order valence-corrected chi connectivity index (χ2v) is 46.8. The largest absolute Gasteiger partial charge is 0.486 e. The molecule has 6 heterocycles. The molecule has 0 amide bonds. The normalized spacial score (nSPS) is 16.9. The minimum Gasteiger partial charge on any atom is -0.486 e. The molecule has 3 saturated carbocycles. The van der Waals surface area contributed by atoms with Crippen molar-refractivity contribution < 1.29 is 69.9 Å². The molecule has 6 aliphatic rings. The maximum Gasteiger partial charge on any atom is 0.335 e. The van der Waals surface area contributed by atoms with E-state index in [1.54, 1.807) is 131 Å². The number of non-ortho nitro benzene ring substituents is 3. The van der Waals surface area contributed by atoms with Crippen molar-refractivity contribution in [2.24, 2.45) is 16.2 Å². The SMILES string of the molecule is CC1(COc2c(N3CCNCC3)cnn(-c3cccc(Cl)c3)c2=O)CC1.CCOP(=O)(Cc1ccc(N)cc1)N1CCN(c2cnn(-c3cccc(Cl)c3)c(=O)c2OCC2(C)CC2)CC1.CCOP(=O)(Cc1ccc([N+](=O)[O-])cc1)N1CCN(c2cnn(-c3cccc(Cl)c3)c(=O)c2OCC2(C)CC2)CC1.CCOP(=O)(Cc1ccc([N+](=O)[O-])cc1)OCC.CCOP(=O)(Cl)Cc1ccc([N+](=O)[O-])cc1.Cl. The number of hydrogen-bond donors (Lipinski definition) is 2. The lowest BCUT2D eigenvalue weighted by Crippen LogP contribution is -2.46. The van der Waals surface area contributed by atoms with Gasteiger partial charge in [0, 0.05) is 152 Å². The first-order chi connectivity index (χ1) is 66.8. The summed E-state index contributed by atoms with van der Waals surface area (Å²) in [4.78, 5) is 77.2. The standard InChI is InChI=1S/C28H33ClN5O6P.C28H35ClN5O4P.C19H23ClN4O2.C11H16NO5P.C9H11ClNO4P.ClH/c1-3-40-41(38,19-21-7-9-23(10-8-21)34(36)37)32-15-13-31(14-16-32)25-18-30-33(24-6-4-5-22(29)17-24)27(35)26(25)39-20-28(2)11-12-28;1-3-38-39(36,19-21-7-9-23(30)10-8-21)33-15-13-32(14-16-33)25-18-31-34(24-6-4-5-22(29)17-24)27(35)26(25)37-20-28(2)11-12-28;1-19(5-6-19)13-26-17-16(23-9-7-21-8-10-23)12-22-24(18(17)25)15-4-2-3-14(20)11-15;1-3-16-18(15,17-4-2)9-10-5-7-11(8-6-10)12(13)14;1-2-15-16(10,14)7-8-3-5-9(6-4-8)11(12)13;/h4-10,17-18H,3,11-16,19-20H2,1-2H3;4-10,17-18H,3,11-16,19-20,30H2,1-2H3;2-4,11-12,21H,5-10,13H2,1H3;5-8H,3-4,9H2,1-2H3;3-6H,2,7H2,1H3;1H. The third-order valence-corrected chi connectivity index (χ3v) is 34.2. The molecular formula is C95H119Cl5N16O21P4. The van der Waals surface area contributed by atoms with Crippen molar-refractivity contribution in [2.75, 3.05) is 152 Å². The average molecular weight is 2120 g/mol. The number of nitro benzene ring substituents is 3. The van der Waals surface area contributed by atoms with Crippen LogP contribution in [0.5, 0.6) is 17.2 Å². The van der Waals surface area contributed by atoms with E-state index in [2.05, 4.69) is 51.2 Å². The zero-order valence-electron chi connectivity index (χ0n) is 79.7. The molecule has 3 aliphatic carbocycles. The summed E-state index contributed by atoms with van der Waals surface area (Å²) in [7, 11) is -9.52. The highest BCUT2D eigenvalue weighted by molar-refractivity contribution is 7.84. The van der Waals surface area contributed by atoms with Crippen molar-refractivity contribution in [3.63, 3.8) is 0 Å². The lowest BCUT2D eigenvalue weighted by Gasteiger charge is -2.39. The Labute approximate surface area is 844 Å². The zero-order chi connectivity index (χ0) is 101. The van der Waals surface area contributed by atoms with Gasteiger partial charge in [-0.15, -0.1) is 12.4 Å². The first-order valence-electron chi connectivity index (χ1n) is 46.1. The van der Waals surface area contributed by atoms with E-state index < -0.39 is 44.1 Å². The minimum absolute atomic E-state index is 0. The molecule has 3 aliphatic heterocycles. The van der Waals surface area contributed by atoms with Gasteiger partial charge in [0.05, 0.1) is 128 Å². The van der Waals surface area contributed by atoms with E-state index in [0.29, 0.717) is 170 Å². The van der Waals surface area contributed by atoms with E-state index in [0.717, 1.165) is 76.0 Å². The van der Waals surface area contributed by atoms with Crippen LogP contribution in [0.2, 0.25) is 15.1 Å². The molecule has 0 radical (unpaired) electrons. The molecule has 3 aromatic heterocycles. The fraction of sp³-hybridized carbons (Fsp3) is 0.432. The van der Waals surface area contributed by atoms with Gasteiger partial charge in [-0.3, -0.25) is 63.0 Å². The molecule has 0 bridgehead atoms. The van der Waals surface area contributed by atoms with Crippen LogP contribution in [0.15, 0.2) is 203 Å². The zero-order valence-corrected chi connectivity index (χ0v) is 87.1. The molecule has 46 heteroatoms. The molecule has 10 aromatic rings. The fourth-order valence-corrected chi connectivity index (χ4v) is 24.0. The lowest BCUT2D eigenvalue weighted by atomic mass is 10.2. The van der Waals surface area contributed by atoms with Crippen LogP contribution in [0.4, 0.5) is 39.8 Å². The van der Waals surface area contributed by atoms with Gasteiger partial charge in [-0.25, -0.2) is 9.34 Å². The fourth-order valence-electron chi connectivity index (χ4n) is 15.3. The summed E-state index contributed by atoms with van der Waals surface area (Å²) in [6, 6.07) is 46.1. The first kappa shape index (κ1) is 111. The van der Waals surface area contributed by atoms with Crippen LogP contribution in [0.3, 0.4) is 0 Å². The van der Waals surface area contributed by atoms with Gasteiger partial charge < -0.3 is 62.6 Å². The number of rotatable bonds is 38. The Bertz CT molecular complexity index is 6320. The van der Waals surface area contributed by atoms with Crippen molar-refractivity contribution in [1.29, 1.82) is 0 Å². The molecule has 760 valence electrons. The van der Waals surface area contributed by atoms with E-state index in [9.17, 15) is 63.0 Å². The number of nitrogens with two attached hydrogens (primary N) is 1. The lowest BCUT2D eigenvalue weighted by molar-refractivity contribution is -0.385. The molecule has 6 fully saturated rings. The average Bonchev–Trinajstić information content (AvgIpc) is 1.77. The van der Waals surface area contributed by atoms with Gasteiger partial charge in [-0.2, -0.15) is 29.3 Å². The minimum atomic E-state index is -3.26. The molecule has 7 aromatic carbocycles. The monoisotopic (exact) mass is 2120 g/mol. The Hall–Kier alpha value is -9.97. The highest BCUT2D eigenvalue weighted by Gasteiger charge is 2.43. The predicted octanol–water partition coefficient (Wildman–Crippen LogP) is 20.5. The van der Waals surface area contributed by atoms with Crippen molar-refractivity contribution in [2.45, 2.75) is 119 Å². The van der Waals surface area contributed by atoms with Crippen molar-refractivity contribution >= 4 is 128 Å². The molecule has 0 spiro atoms. The molecule has 3 atom stereocenters. The van der Waals surface area contributed by atoms with Crippen molar-refractivity contribution in [3.05, 3.63) is 287 Å². The smallest absolute Gasteiger partial charge is 0.335 e. The van der Waals surface area contributed by atoms with E-state index in [1.165, 1.54) is 62.6 Å². The molecule has 37 nitrogen and oxygen atoms in total. The molecule has 3 N–H and O–H groups in total. The number of nitrogens with one attached hydrogen (secondary N) is 1. The van der Waals surface area contributed by atoms with Crippen LogP contribution in [0.1, 0.15) is 116 Å². The summed E-state index contributed by atoms with van der Waals surface area (Å²) in [5.74, 6) is 0.900. The Morgan fingerprint density at radius 3 is 0.965 bits per heavy atom. The molecule has 3 unspecified atom stereocenters. The predicted molar refractivity (Wildman–Crippen MR) is 552 cm³/mol. The van der Waals surface area contributed by atoms with E-state index in [1.807, 2.05) is 57.6 Å². The highest BCUT2D eigenvalue weighted by Crippen LogP contribution is 2.58. The number of benzene rings is 7. The quantitative estimate of drug-likeness (QED) is 0.0157. The highest BCUT2D eigenvalue weighted by atomic mass is 35.7. The summed E-state index contributed by atoms with van der Waals surface area (Å²) in [5, 5.41) is 50.1. The second-order valence-electron chi connectivity index (χ2n) is 35.3. The third-order valence-electron chi connectivity index (χ3n) is 24.0. The second kappa shape index (κ2) is 50.5. The van der Waals surface area contributed by atoms with Crippen molar-refractivity contribution in [3.8, 4) is 34.3 Å². The van der Waals surface area contributed by atoms with E-state index in [4.69, 9.17) is 88.6 Å². The number of nitrogens with zero attached hydrogens (tertiary/aromatic N) is 14. The molecule has 141 heavy (non-hydrogen) atoms. The molecular weight excluding hydrogens is 2000 g/mol. The van der Waals surface area contributed by atoms with Gasteiger partial charge in [0.2, 0.25) is 17.2 Å². The van der Waals surface area contributed by atoms with Crippen LogP contribution in [0, 0.1) is 46.6 Å². The van der Waals surface area contributed by atoms with Gasteiger partial charge in [-0.05, 0) is 173 Å². The Balaban J connectivity index is 0.000000176. The van der Waals surface area contributed by atoms with Crippen LogP contribution in [-0.2, 0) is 65.5 Å². The molecule has 3 saturated heterocycles. The number of aromatic nitrogens is 6. The van der Waals surface area contributed by atoms with Crippen molar-refractivity contribution in [1.82, 2.24) is 44.0 Å². The maximum atomic E-state index is 14.0. The van der Waals surface area contributed by atoms with Crippen LogP contribution in [0.25, 0.3) is 17.1 Å². The number of nitrogen functional groups attached to an aromatic ring is 1. The van der Waals surface area contributed by atoms with Gasteiger partial charge in [0.1, 0.15) is 17.1 Å². The van der Waals surface area contributed by atoms with Gasteiger partial charge >= 0.3 is 24.3 Å². The molecule has 16 rings (SSSR count). The van der Waals surface area contributed by atoms with E-state index in [-0.39, 0.29) is 106 Å². The van der Waals surface area contributed by atoms with Gasteiger partial charge in [-0.1, -0.05) is 122 Å². The number of halogens is 5. The maximum absolute atomic E-state index is 14.0.